The first-order valence-corrected chi connectivity index (χ1v) is 11.6. The predicted octanol–water partition coefficient (Wildman–Crippen LogP) is 5.47. The number of rotatable bonds is 9. The topological polar surface area (TPSA) is 9.23 Å². The minimum Gasteiger partial charge on any atom is -0.377 e. The summed E-state index contributed by atoms with van der Waals surface area (Å²) in [6, 6.07) is 9.27. The molecule has 0 aliphatic heterocycles. The largest absolute Gasteiger partial charge is 0.377 e. The zero-order valence-corrected chi connectivity index (χ0v) is 18.3. The molecule has 1 aromatic rings. The van der Waals surface area contributed by atoms with Gasteiger partial charge in [-0.25, -0.2) is 0 Å². The molecule has 2 bridgehead atoms. The SMILES string of the molecule is C[N+](C)(C)CCCCOCc1ccc(CC2CCC3C4C=CC(C4)C3C2)cc1. The Balaban J connectivity index is 1.16. The van der Waals surface area contributed by atoms with Gasteiger partial charge in [-0.1, -0.05) is 36.4 Å². The van der Waals surface area contributed by atoms with Gasteiger partial charge in [-0.3, -0.25) is 0 Å². The normalized spacial score (nSPS) is 31.3. The number of hydrogen-bond donors (Lipinski definition) is 0. The number of ether oxygens (including phenoxy) is 1. The molecule has 5 unspecified atom stereocenters. The third kappa shape index (κ3) is 5.07. The Morgan fingerprint density at radius 3 is 2.32 bits per heavy atom. The van der Waals surface area contributed by atoms with E-state index in [-0.39, 0.29) is 0 Å². The third-order valence-electron chi connectivity index (χ3n) is 7.50. The van der Waals surface area contributed by atoms with E-state index in [4.69, 9.17) is 4.74 Å². The summed E-state index contributed by atoms with van der Waals surface area (Å²) in [7, 11) is 6.76. The molecular formula is C26H40NO+. The third-order valence-corrected chi connectivity index (χ3v) is 7.50. The van der Waals surface area contributed by atoms with Crippen LogP contribution in [-0.4, -0.2) is 38.8 Å². The average Bonchev–Trinajstić information content (AvgIpc) is 3.27. The maximum Gasteiger partial charge on any atom is 0.0781 e. The van der Waals surface area contributed by atoms with Crippen molar-refractivity contribution in [1.29, 1.82) is 0 Å². The van der Waals surface area contributed by atoms with Gasteiger partial charge < -0.3 is 9.22 Å². The van der Waals surface area contributed by atoms with Crippen LogP contribution in [0.25, 0.3) is 0 Å². The number of quaternary nitrogens is 1. The summed E-state index contributed by atoms with van der Waals surface area (Å²) in [5.74, 6) is 4.77. The van der Waals surface area contributed by atoms with Crippen LogP contribution in [0.4, 0.5) is 0 Å². The van der Waals surface area contributed by atoms with Crippen LogP contribution in [0.15, 0.2) is 36.4 Å². The Morgan fingerprint density at radius 1 is 0.857 bits per heavy atom. The van der Waals surface area contributed by atoms with E-state index in [2.05, 4.69) is 57.6 Å². The van der Waals surface area contributed by atoms with Gasteiger partial charge in [0.05, 0.1) is 34.3 Å². The van der Waals surface area contributed by atoms with E-state index in [9.17, 15) is 0 Å². The first-order valence-electron chi connectivity index (χ1n) is 11.6. The van der Waals surface area contributed by atoms with Crippen molar-refractivity contribution in [3.63, 3.8) is 0 Å². The predicted molar refractivity (Wildman–Crippen MR) is 117 cm³/mol. The van der Waals surface area contributed by atoms with Crippen molar-refractivity contribution in [3.05, 3.63) is 47.5 Å². The van der Waals surface area contributed by atoms with Gasteiger partial charge in [-0.15, -0.1) is 0 Å². The monoisotopic (exact) mass is 382 g/mol. The molecule has 5 atom stereocenters. The molecule has 0 saturated heterocycles. The number of allylic oxidation sites excluding steroid dienone is 2. The number of benzene rings is 1. The number of nitrogens with zero attached hydrogens (tertiary/aromatic N) is 1. The highest BCUT2D eigenvalue weighted by molar-refractivity contribution is 5.23. The summed E-state index contributed by atoms with van der Waals surface area (Å²) in [6.07, 6.45) is 14.6. The molecule has 0 radical (unpaired) electrons. The maximum atomic E-state index is 5.89. The van der Waals surface area contributed by atoms with E-state index < -0.39 is 0 Å². The van der Waals surface area contributed by atoms with Crippen LogP contribution in [-0.2, 0) is 17.8 Å². The molecule has 3 aliphatic carbocycles. The molecule has 4 rings (SSSR count). The van der Waals surface area contributed by atoms with Gasteiger partial charge in [0, 0.05) is 6.61 Å². The van der Waals surface area contributed by atoms with Crippen molar-refractivity contribution in [2.24, 2.45) is 29.6 Å². The minimum absolute atomic E-state index is 0.757. The number of unbranched alkanes of at least 4 members (excludes halogenated alkanes) is 1. The quantitative estimate of drug-likeness (QED) is 0.313. The molecule has 0 spiro atoms. The molecule has 0 aromatic heterocycles. The highest BCUT2D eigenvalue weighted by atomic mass is 16.5. The zero-order chi connectivity index (χ0) is 19.6. The smallest absolute Gasteiger partial charge is 0.0781 e. The van der Waals surface area contributed by atoms with Crippen molar-refractivity contribution < 1.29 is 9.22 Å². The van der Waals surface area contributed by atoms with E-state index in [1.165, 1.54) is 56.2 Å². The van der Waals surface area contributed by atoms with Gasteiger partial charge >= 0.3 is 0 Å². The van der Waals surface area contributed by atoms with Gasteiger partial charge in [0.15, 0.2) is 0 Å². The van der Waals surface area contributed by atoms with Crippen molar-refractivity contribution >= 4 is 0 Å². The molecular weight excluding hydrogens is 342 g/mol. The van der Waals surface area contributed by atoms with Crippen molar-refractivity contribution in [1.82, 2.24) is 0 Å². The highest BCUT2D eigenvalue weighted by Gasteiger charge is 2.46. The van der Waals surface area contributed by atoms with Gasteiger partial charge in [0.2, 0.25) is 0 Å². The molecule has 154 valence electrons. The summed E-state index contributed by atoms with van der Waals surface area (Å²) in [5, 5.41) is 0. The molecule has 28 heavy (non-hydrogen) atoms. The molecule has 0 N–H and O–H groups in total. The van der Waals surface area contributed by atoms with Crippen molar-refractivity contribution in [2.45, 2.75) is 51.6 Å². The van der Waals surface area contributed by atoms with Crippen LogP contribution in [0.1, 0.15) is 49.7 Å². The van der Waals surface area contributed by atoms with Gasteiger partial charge in [0.25, 0.3) is 0 Å². The van der Waals surface area contributed by atoms with Gasteiger partial charge in [-0.05, 0) is 85.7 Å². The summed E-state index contributed by atoms with van der Waals surface area (Å²) in [6.45, 7) is 2.86. The summed E-state index contributed by atoms with van der Waals surface area (Å²) < 4.78 is 6.93. The van der Waals surface area contributed by atoms with Gasteiger partial charge in [0.1, 0.15) is 0 Å². The van der Waals surface area contributed by atoms with Gasteiger partial charge in [-0.2, -0.15) is 0 Å². The zero-order valence-electron chi connectivity index (χ0n) is 18.3. The lowest BCUT2D eigenvalue weighted by Crippen LogP contribution is -2.35. The van der Waals surface area contributed by atoms with Crippen LogP contribution < -0.4 is 0 Å². The first-order chi connectivity index (χ1) is 13.5. The Labute approximate surface area is 172 Å². The first kappa shape index (κ1) is 20.2. The lowest BCUT2D eigenvalue weighted by Gasteiger charge is -2.37. The van der Waals surface area contributed by atoms with E-state index in [1.807, 2.05) is 0 Å². The summed E-state index contributed by atoms with van der Waals surface area (Å²) in [5.41, 5.74) is 2.84. The Morgan fingerprint density at radius 2 is 1.57 bits per heavy atom. The summed E-state index contributed by atoms with van der Waals surface area (Å²) in [4.78, 5) is 0. The van der Waals surface area contributed by atoms with Crippen LogP contribution in [0.3, 0.4) is 0 Å². The second-order valence-corrected chi connectivity index (χ2v) is 10.7. The molecule has 2 fully saturated rings. The Bertz CT molecular complexity index is 656. The fourth-order valence-corrected chi connectivity index (χ4v) is 6.01. The second-order valence-electron chi connectivity index (χ2n) is 10.7. The van der Waals surface area contributed by atoms with Crippen molar-refractivity contribution in [3.8, 4) is 0 Å². The summed E-state index contributed by atoms with van der Waals surface area (Å²) >= 11 is 0. The fraction of sp³-hybridized carbons (Fsp3) is 0.692. The standard InChI is InChI=1S/C26H40NO/c1-27(2,3)14-4-5-15-28-19-21-8-6-20(7-9-21)16-22-10-13-25-23-11-12-24(18-23)26(25)17-22/h6-9,11-12,22-26H,4-5,10,13-19H2,1-3H3/q+1. The minimum atomic E-state index is 0.757. The van der Waals surface area contributed by atoms with Crippen LogP contribution in [0, 0.1) is 29.6 Å². The average molecular weight is 383 g/mol. The molecule has 2 saturated carbocycles. The van der Waals surface area contributed by atoms with E-state index >= 15 is 0 Å². The van der Waals surface area contributed by atoms with E-state index in [1.54, 1.807) is 0 Å². The van der Waals surface area contributed by atoms with Crippen LogP contribution in [0.5, 0.6) is 0 Å². The molecule has 2 nitrogen and oxygen atoms in total. The molecule has 3 aliphatic rings. The molecule has 0 heterocycles. The van der Waals surface area contributed by atoms with Crippen LogP contribution >= 0.6 is 0 Å². The highest BCUT2D eigenvalue weighted by Crippen LogP contribution is 2.55. The molecule has 0 amide bonds. The maximum absolute atomic E-state index is 5.89. The second kappa shape index (κ2) is 8.71. The Kier molecular flexibility index (Phi) is 6.27. The van der Waals surface area contributed by atoms with E-state index in [0.717, 1.165) is 53.7 Å². The Hall–Kier alpha value is -1.12. The fourth-order valence-electron chi connectivity index (χ4n) is 6.01. The van der Waals surface area contributed by atoms with E-state index in [0.29, 0.717) is 0 Å². The number of hydrogen-bond acceptors (Lipinski definition) is 1. The molecule has 2 heteroatoms. The van der Waals surface area contributed by atoms with Crippen molar-refractivity contribution in [2.75, 3.05) is 34.3 Å². The lowest BCUT2D eigenvalue weighted by atomic mass is 9.68. The van der Waals surface area contributed by atoms with Crippen LogP contribution in [0.2, 0.25) is 0 Å². The molecule has 1 aromatic carbocycles. The number of fused-ring (bicyclic) bond motifs is 5. The lowest BCUT2D eigenvalue weighted by molar-refractivity contribution is -0.870.